The van der Waals surface area contributed by atoms with E-state index in [1.54, 1.807) is 30.3 Å². The second kappa shape index (κ2) is 7.26. The van der Waals surface area contributed by atoms with Crippen molar-refractivity contribution < 1.29 is 19.0 Å². The third-order valence-electron chi connectivity index (χ3n) is 2.16. The lowest BCUT2D eigenvalue weighted by Gasteiger charge is -2.16. The Balaban J connectivity index is 2.58. The van der Waals surface area contributed by atoms with E-state index < -0.39 is 24.8 Å². The summed E-state index contributed by atoms with van der Waals surface area (Å²) >= 11 is 0. The average molecular weight is 253 g/mol. The van der Waals surface area contributed by atoms with Gasteiger partial charge in [-0.15, -0.1) is 0 Å². The predicted molar refractivity (Wildman–Crippen MR) is 61.6 cm³/mol. The Kier molecular flexibility index (Phi) is 5.63. The van der Waals surface area contributed by atoms with Crippen LogP contribution in [-0.4, -0.2) is 29.9 Å². The van der Waals surface area contributed by atoms with Gasteiger partial charge in [0.25, 0.3) is 0 Å². The molecular weight excluding hydrogens is 241 g/mol. The van der Waals surface area contributed by atoms with Crippen LogP contribution < -0.4 is 0 Å². The molecule has 0 aliphatic rings. The van der Waals surface area contributed by atoms with Gasteiger partial charge in [0.1, 0.15) is 6.17 Å². The molecule has 0 saturated heterocycles. The molecule has 1 aromatic carbocycles. The van der Waals surface area contributed by atoms with Gasteiger partial charge in [0, 0.05) is 4.91 Å². The van der Waals surface area contributed by atoms with Gasteiger partial charge in [-0.3, -0.25) is 0 Å². The molecule has 0 aliphatic carbocycles. The Hall–Kier alpha value is -2.11. The molecule has 0 unspecified atom stereocenters. The van der Waals surface area contributed by atoms with E-state index >= 15 is 0 Å². The zero-order valence-corrected chi connectivity index (χ0v) is 9.44. The summed E-state index contributed by atoms with van der Waals surface area (Å²) in [5.74, 6) is -1.42. The first-order valence-electron chi connectivity index (χ1n) is 5.18. The molecule has 1 N–H and O–H groups in total. The molecule has 1 rings (SSSR count). The number of alkyl halides is 1. The highest BCUT2D eigenvalue weighted by Crippen LogP contribution is 2.10. The fourth-order valence-corrected chi connectivity index (χ4v) is 1.30. The summed E-state index contributed by atoms with van der Waals surface area (Å²) in [6.45, 7) is -0.587. The smallest absolute Gasteiger partial charge is 0.335 e. The maximum atomic E-state index is 13.4. The van der Waals surface area contributed by atoms with Crippen molar-refractivity contribution in [1.29, 1.82) is 0 Å². The summed E-state index contributed by atoms with van der Waals surface area (Å²) in [6.07, 6.45) is -3.52. The predicted octanol–water partition coefficient (Wildman–Crippen LogP) is 2.30. The van der Waals surface area contributed by atoms with Crippen LogP contribution in [0.1, 0.15) is 5.56 Å². The van der Waals surface area contributed by atoms with E-state index in [2.05, 4.69) is 10.0 Å². The molecule has 0 saturated carbocycles. The zero-order chi connectivity index (χ0) is 13.4. The standard InChI is InChI=1S/C11H12FN3O3/c12-9(6-14-15-13)10(11(16)17)18-7-8-4-2-1-3-5-8/h1-5,9-10H,6-7H2,(H,16,17)/t9-,10+/m0/s1. The van der Waals surface area contributed by atoms with E-state index in [4.69, 9.17) is 15.4 Å². The number of hydrogen-bond donors (Lipinski definition) is 1. The second-order valence-corrected chi connectivity index (χ2v) is 3.48. The molecule has 0 spiro atoms. The highest BCUT2D eigenvalue weighted by molar-refractivity contribution is 5.73. The maximum Gasteiger partial charge on any atom is 0.335 e. The van der Waals surface area contributed by atoms with E-state index in [0.717, 1.165) is 5.56 Å². The van der Waals surface area contributed by atoms with Crippen LogP contribution in [0.15, 0.2) is 35.4 Å². The van der Waals surface area contributed by atoms with Crippen molar-refractivity contribution >= 4 is 5.97 Å². The van der Waals surface area contributed by atoms with Crippen molar-refractivity contribution in [1.82, 2.24) is 0 Å². The summed E-state index contributed by atoms with van der Waals surface area (Å²) in [6, 6.07) is 8.81. The number of carboxylic acid groups (broad SMARTS) is 1. The van der Waals surface area contributed by atoms with Crippen LogP contribution in [0, 0.1) is 0 Å². The Labute approximate surface area is 103 Å². The van der Waals surface area contributed by atoms with Gasteiger partial charge in [-0.1, -0.05) is 35.4 Å². The van der Waals surface area contributed by atoms with Crippen LogP contribution in [0.4, 0.5) is 4.39 Å². The normalized spacial score (nSPS) is 13.4. The van der Waals surface area contributed by atoms with Crippen LogP contribution in [0.25, 0.3) is 10.4 Å². The van der Waals surface area contributed by atoms with Crippen molar-refractivity contribution in [2.45, 2.75) is 18.9 Å². The lowest BCUT2D eigenvalue weighted by molar-refractivity contribution is -0.155. The fraction of sp³-hybridized carbons (Fsp3) is 0.364. The molecule has 7 heteroatoms. The third kappa shape index (κ3) is 4.40. The summed E-state index contributed by atoms with van der Waals surface area (Å²) in [5, 5.41) is 11.8. The molecule has 0 amide bonds. The summed E-state index contributed by atoms with van der Waals surface area (Å²) in [5.41, 5.74) is 8.78. The van der Waals surface area contributed by atoms with E-state index in [1.807, 2.05) is 0 Å². The number of hydrogen-bond acceptors (Lipinski definition) is 3. The minimum atomic E-state index is -1.87. The van der Waals surface area contributed by atoms with E-state index in [-0.39, 0.29) is 6.61 Å². The van der Waals surface area contributed by atoms with Gasteiger partial charge in [0.05, 0.1) is 13.2 Å². The molecule has 0 heterocycles. The van der Waals surface area contributed by atoms with Crippen molar-refractivity contribution in [3.63, 3.8) is 0 Å². The average Bonchev–Trinajstić information content (AvgIpc) is 2.37. The Bertz CT molecular complexity index is 434. The topological polar surface area (TPSA) is 95.3 Å². The summed E-state index contributed by atoms with van der Waals surface area (Å²) in [4.78, 5) is 13.2. The first-order valence-corrected chi connectivity index (χ1v) is 5.18. The number of carbonyl (C=O) groups is 1. The molecule has 0 aromatic heterocycles. The highest BCUT2D eigenvalue weighted by atomic mass is 19.1. The zero-order valence-electron chi connectivity index (χ0n) is 9.44. The Morgan fingerprint density at radius 2 is 2.17 bits per heavy atom. The largest absolute Gasteiger partial charge is 0.479 e. The van der Waals surface area contributed by atoms with Gasteiger partial charge in [-0.25, -0.2) is 9.18 Å². The molecule has 96 valence electrons. The van der Waals surface area contributed by atoms with Gasteiger partial charge in [0.15, 0.2) is 6.10 Å². The van der Waals surface area contributed by atoms with Crippen molar-refractivity contribution in [2.75, 3.05) is 6.54 Å². The van der Waals surface area contributed by atoms with Crippen molar-refractivity contribution in [2.24, 2.45) is 5.11 Å². The monoisotopic (exact) mass is 253 g/mol. The number of azide groups is 1. The highest BCUT2D eigenvalue weighted by Gasteiger charge is 2.28. The van der Waals surface area contributed by atoms with Gasteiger partial charge < -0.3 is 9.84 Å². The van der Waals surface area contributed by atoms with Crippen LogP contribution in [-0.2, 0) is 16.1 Å². The van der Waals surface area contributed by atoms with Gasteiger partial charge in [0.2, 0.25) is 0 Å². The first-order chi connectivity index (χ1) is 8.65. The molecular formula is C11H12FN3O3. The first kappa shape index (κ1) is 14.0. The van der Waals surface area contributed by atoms with E-state index in [1.165, 1.54) is 0 Å². The van der Waals surface area contributed by atoms with Gasteiger partial charge >= 0.3 is 5.97 Å². The molecule has 0 radical (unpaired) electrons. The van der Waals surface area contributed by atoms with Crippen molar-refractivity contribution in [3.8, 4) is 0 Å². The number of nitrogens with zero attached hydrogens (tertiary/aromatic N) is 3. The number of benzene rings is 1. The van der Waals surface area contributed by atoms with Crippen LogP contribution in [0.3, 0.4) is 0 Å². The molecule has 0 fully saturated rings. The summed E-state index contributed by atoms with van der Waals surface area (Å²) < 4.78 is 18.4. The number of aliphatic carboxylic acids is 1. The lowest BCUT2D eigenvalue weighted by atomic mass is 10.2. The molecule has 0 bridgehead atoms. The quantitative estimate of drug-likeness (QED) is 0.458. The van der Waals surface area contributed by atoms with Gasteiger partial charge in [-0.2, -0.15) is 0 Å². The number of ether oxygens (including phenoxy) is 1. The third-order valence-corrected chi connectivity index (χ3v) is 2.16. The Morgan fingerprint density at radius 3 is 2.72 bits per heavy atom. The number of halogens is 1. The SMILES string of the molecule is [N-]=[N+]=NC[C@H](F)[C@@H](OCc1ccccc1)C(=O)O. The Morgan fingerprint density at radius 1 is 1.50 bits per heavy atom. The van der Waals surface area contributed by atoms with Gasteiger partial charge in [-0.05, 0) is 11.1 Å². The molecule has 18 heavy (non-hydrogen) atoms. The van der Waals surface area contributed by atoms with Crippen LogP contribution in [0.2, 0.25) is 0 Å². The lowest BCUT2D eigenvalue weighted by Crippen LogP contribution is -2.35. The molecule has 2 atom stereocenters. The number of carboxylic acids is 1. The minimum absolute atomic E-state index is 0.0194. The summed E-state index contributed by atoms with van der Waals surface area (Å²) in [7, 11) is 0. The van der Waals surface area contributed by atoms with Crippen LogP contribution >= 0.6 is 0 Å². The fourth-order valence-electron chi connectivity index (χ4n) is 1.30. The van der Waals surface area contributed by atoms with E-state index in [0.29, 0.717) is 0 Å². The second-order valence-electron chi connectivity index (χ2n) is 3.48. The molecule has 1 aromatic rings. The minimum Gasteiger partial charge on any atom is -0.479 e. The maximum absolute atomic E-state index is 13.4. The molecule has 0 aliphatic heterocycles. The number of rotatable bonds is 7. The van der Waals surface area contributed by atoms with Crippen LogP contribution in [0.5, 0.6) is 0 Å². The van der Waals surface area contributed by atoms with Crippen molar-refractivity contribution in [3.05, 3.63) is 46.3 Å². The van der Waals surface area contributed by atoms with E-state index in [9.17, 15) is 9.18 Å². The molecule has 6 nitrogen and oxygen atoms in total.